The largest absolute Gasteiger partial charge is 0.316 e. The predicted molar refractivity (Wildman–Crippen MR) is 141 cm³/mol. The van der Waals surface area contributed by atoms with Crippen molar-refractivity contribution >= 4 is 10.9 Å². The van der Waals surface area contributed by atoms with E-state index in [0.717, 1.165) is 0 Å². The summed E-state index contributed by atoms with van der Waals surface area (Å²) in [5, 5.41) is 1.26. The minimum absolute atomic E-state index is 0.367. The summed E-state index contributed by atoms with van der Waals surface area (Å²) in [6.07, 6.45) is 2.20. The number of para-hydroxylation sites is 1. The van der Waals surface area contributed by atoms with Gasteiger partial charge in [0.1, 0.15) is 0 Å². The number of nitrogens with zero attached hydrogens (tertiary/aromatic N) is 1. The van der Waals surface area contributed by atoms with Crippen molar-refractivity contribution in [2.75, 3.05) is 0 Å². The van der Waals surface area contributed by atoms with Crippen molar-refractivity contribution in [2.24, 2.45) is 0 Å². The van der Waals surface area contributed by atoms with Gasteiger partial charge < -0.3 is 4.57 Å². The van der Waals surface area contributed by atoms with Crippen molar-refractivity contribution in [1.29, 1.82) is 0 Å². The Bertz CT molecular complexity index is 1590. The topological polar surface area (TPSA) is 4.93 Å². The van der Waals surface area contributed by atoms with Gasteiger partial charge in [-0.25, -0.2) is 0 Å². The van der Waals surface area contributed by atoms with Gasteiger partial charge in [-0.2, -0.15) is 0 Å². The SMILES string of the molecule is c1ccc(-n2ccc3ccc4c(c32)-c2ccccc2C4(c2ccccc2)c2ccccc2)cc1. The molecule has 1 aliphatic carbocycles. The summed E-state index contributed by atoms with van der Waals surface area (Å²) in [6.45, 7) is 0. The van der Waals surface area contributed by atoms with E-state index >= 15 is 0 Å². The fraction of sp³-hybridized carbons (Fsp3) is 0.0303. The van der Waals surface area contributed by atoms with Crippen LogP contribution >= 0.6 is 0 Å². The van der Waals surface area contributed by atoms with Crippen LogP contribution in [0.5, 0.6) is 0 Å². The van der Waals surface area contributed by atoms with Crippen LogP contribution in [-0.4, -0.2) is 4.57 Å². The molecule has 160 valence electrons. The highest BCUT2D eigenvalue weighted by Crippen LogP contribution is 2.57. The fourth-order valence-electron chi connectivity index (χ4n) is 5.96. The van der Waals surface area contributed by atoms with Crippen LogP contribution in [0.3, 0.4) is 0 Å². The van der Waals surface area contributed by atoms with Gasteiger partial charge in [0, 0.05) is 22.8 Å². The van der Waals surface area contributed by atoms with E-state index in [2.05, 4.69) is 144 Å². The first-order chi connectivity index (χ1) is 16.9. The van der Waals surface area contributed by atoms with E-state index in [0.29, 0.717) is 0 Å². The maximum absolute atomic E-state index is 2.35. The summed E-state index contributed by atoms with van der Waals surface area (Å²) in [7, 11) is 0. The van der Waals surface area contributed by atoms with Gasteiger partial charge in [-0.3, -0.25) is 0 Å². The molecule has 1 aliphatic rings. The summed E-state index contributed by atoms with van der Waals surface area (Å²) in [5.74, 6) is 0. The molecular weight excluding hydrogens is 410 g/mol. The third kappa shape index (κ3) is 2.50. The van der Waals surface area contributed by atoms with Gasteiger partial charge in [0.2, 0.25) is 0 Å². The Morgan fingerprint density at radius 1 is 0.471 bits per heavy atom. The first-order valence-electron chi connectivity index (χ1n) is 11.8. The predicted octanol–water partition coefficient (Wildman–Crippen LogP) is 7.99. The number of fused-ring (bicyclic) bond motifs is 5. The van der Waals surface area contributed by atoms with Gasteiger partial charge in [-0.1, -0.05) is 115 Å². The van der Waals surface area contributed by atoms with Gasteiger partial charge in [-0.05, 0) is 46.0 Å². The highest BCUT2D eigenvalue weighted by Gasteiger charge is 2.46. The second-order valence-electron chi connectivity index (χ2n) is 8.97. The summed E-state index contributed by atoms with van der Waals surface area (Å²) < 4.78 is 2.34. The van der Waals surface area contributed by atoms with Crippen LogP contribution in [0, 0.1) is 0 Å². The molecule has 0 atom stereocenters. The number of benzene rings is 5. The number of hydrogen-bond donors (Lipinski definition) is 0. The Morgan fingerprint density at radius 2 is 1.06 bits per heavy atom. The normalized spacial score (nSPS) is 13.5. The van der Waals surface area contributed by atoms with E-state index < -0.39 is 0 Å². The Balaban J connectivity index is 1.68. The minimum atomic E-state index is -0.367. The molecule has 1 aromatic heterocycles. The summed E-state index contributed by atoms with van der Waals surface area (Å²) in [6, 6.07) is 48.4. The van der Waals surface area contributed by atoms with Gasteiger partial charge in [0.15, 0.2) is 0 Å². The second-order valence-corrected chi connectivity index (χ2v) is 8.97. The Hall–Kier alpha value is -4.36. The van der Waals surface area contributed by atoms with Crippen molar-refractivity contribution < 1.29 is 0 Å². The number of hydrogen-bond acceptors (Lipinski definition) is 0. The molecule has 6 aromatic rings. The van der Waals surface area contributed by atoms with E-state index in [1.165, 1.54) is 50.0 Å². The van der Waals surface area contributed by atoms with Crippen LogP contribution in [-0.2, 0) is 5.41 Å². The average Bonchev–Trinajstić information content (AvgIpc) is 3.48. The fourth-order valence-corrected chi connectivity index (χ4v) is 5.96. The molecule has 1 nitrogen and oxygen atoms in total. The lowest BCUT2D eigenvalue weighted by molar-refractivity contribution is 0.769. The third-order valence-corrected chi connectivity index (χ3v) is 7.31. The molecule has 0 unspecified atom stereocenters. The van der Waals surface area contributed by atoms with E-state index in [-0.39, 0.29) is 5.41 Å². The van der Waals surface area contributed by atoms with E-state index in [4.69, 9.17) is 0 Å². The zero-order chi connectivity index (χ0) is 22.5. The molecule has 5 aromatic carbocycles. The molecule has 0 saturated heterocycles. The van der Waals surface area contributed by atoms with Gasteiger partial charge >= 0.3 is 0 Å². The van der Waals surface area contributed by atoms with E-state index in [1.54, 1.807) is 0 Å². The van der Waals surface area contributed by atoms with Crippen molar-refractivity contribution in [3.63, 3.8) is 0 Å². The Morgan fingerprint density at radius 3 is 1.74 bits per heavy atom. The Labute approximate surface area is 199 Å². The van der Waals surface area contributed by atoms with Crippen LogP contribution in [0.1, 0.15) is 22.3 Å². The van der Waals surface area contributed by atoms with Crippen LogP contribution in [0.2, 0.25) is 0 Å². The molecule has 0 N–H and O–H groups in total. The zero-order valence-corrected chi connectivity index (χ0v) is 18.7. The first-order valence-corrected chi connectivity index (χ1v) is 11.8. The molecule has 0 bridgehead atoms. The lowest BCUT2D eigenvalue weighted by Crippen LogP contribution is -2.28. The average molecular weight is 434 g/mol. The van der Waals surface area contributed by atoms with Crippen molar-refractivity contribution in [2.45, 2.75) is 5.41 Å². The highest BCUT2D eigenvalue weighted by molar-refractivity contribution is 6.03. The second kappa shape index (κ2) is 7.33. The quantitative estimate of drug-likeness (QED) is 0.266. The first kappa shape index (κ1) is 19.1. The minimum Gasteiger partial charge on any atom is -0.316 e. The number of aromatic nitrogens is 1. The summed E-state index contributed by atoms with van der Waals surface area (Å²) in [5.41, 5.74) is 10.00. The van der Waals surface area contributed by atoms with E-state index in [9.17, 15) is 0 Å². The molecule has 0 aliphatic heterocycles. The van der Waals surface area contributed by atoms with Gasteiger partial charge in [0.25, 0.3) is 0 Å². The van der Waals surface area contributed by atoms with Crippen LogP contribution in [0.15, 0.2) is 140 Å². The zero-order valence-electron chi connectivity index (χ0n) is 18.7. The van der Waals surface area contributed by atoms with Crippen molar-refractivity contribution in [3.8, 4) is 16.8 Å². The molecular formula is C33H23N. The van der Waals surface area contributed by atoms with Crippen LogP contribution in [0.4, 0.5) is 0 Å². The summed E-state index contributed by atoms with van der Waals surface area (Å²) in [4.78, 5) is 0. The maximum atomic E-state index is 2.35. The van der Waals surface area contributed by atoms with Gasteiger partial charge in [-0.15, -0.1) is 0 Å². The van der Waals surface area contributed by atoms with Gasteiger partial charge in [0.05, 0.1) is 10.9 Å². The lowest BCUT2D eigenvalue weighted by Gasteiger charge is -2.33. The van der Waals surface area contributed by atoms with Crippen LogP contribution in [0.25, 0.3) is 27.7 Å². The smallest absolute Gasteiger partial charge is 0.0714 e. The highest BCUT2D eigenvalue weighted by atomic mass is 15.0. The lowest BCUT2D eigenvalue weighted by atomic mass is 9.67. The molecule has 34 heavy (non-hydrogen) atoms. The maximum Gasteiger partial charge on any atom is 0.0714 e. The van der Waals surface area contributed by atoms with Crippen molar-refractivity contribution in [3.05, 3.63) is 162 Å². The molecule has 0 saturated carbocycles. The molecule has 0 radical (unpaired) electrons. The molecule has 0 amide bonds. The monoisotopic (exact) mass is 433 g/mol. The molecule has 0 spiro atoms. The van der Waals surface area contributed by atoms with Crippen molar-refractivity contribution in [1.82, 2.24) is 4.57 Å². The number of rotatable bonds is 3. The third-order valence-electron chi connectivity index (χ3n) is 7.31. The molecule has 1 heteroatoms. The van der Waals surface area contributed by atoms with E-state index in [1.807, 2.05) is 0 Å². The molecule has 1 heterocycles. The standard InChI is InChI=1S/C33H23N/c1-4-12-25(13-5-1)33(26-14-6-2-7-15-26)29-19-11-10-18-28(29)31-30(33)21-20-24-22-23-34(32(24)31)27-16-8-3-9-17-27/h1-23H. The van der Waals surface area contributed by atoms with Crippen LogP contribution < -0.4 is 0 Å². The molecule has 7 rings (SSSR count). The molecule has 0 fully saturated rings. The Kier molecular flexibility index (Phi) is 4.13. The summed E-state index contributed by atoms with van der Waals surface area (Å²) >= 11 is 0.